The molecule has 0 aliphatic rings. The lowest BCUT2D eigenvalue weighted by molar-refractivity contribution is -0.129. The van der Waals surface area contributed by atoms with Crippen LogP contribution in [0.5, 0.6) is 0 Å². The molecule has 0 bridgehead atoms. The minimum absolute atomic E-state index is 0.347. The molecule has 0 unspecified atom stereocenters. The highest BCUT2D eigenvalue weighted by atomic mass is 35.5. The molecule has 2 N–H and O–H groups in total. The van der Waals surface area contributed by atoms with Crippen LogP contribution in [-0.4, -0.2) is 17.0 Å². The Hall–Kier alpha value is -0.280. The summed E-state index contributed by atoms with van der Waals surface area (Å²) in [5, 5.41) is 8.00. The number of hydrogen-bond acceptors (Lipinski definition) is 2. The van der Waals surface area contributed by atoms with Gasteiger partial charge in [0.05, 0.1) is 0 Å². The molecule has 0 radical (unpaired) electrons. The molecule has 54 valence electrons. The van der Waals surface area contributed by atoms with Crippen LogP contribution in [-0.2, 0) is 4.79 Å². The molecule has 3 nitrogen and oxygen atoms in total. The van der Waals surface area contributed by atoms with Gasteiger partial charge in [0.25, 0.3) is 0 Å². The molecule has 0 rings (SSSR count). The Morgan fingerprint density at radius 3 is 2.67 bits per heavy atom. The summed E-state index contributed by atoms with van der Waals surface area (Å²) < 4.78 is 0. The maximum absolute atomic E-state index is 10.3. The van der Waals surface area contributed by atoms with E-state index in [2.05, 4.69) is 0 Å². The van der Waals surface area contributed by atoms with Crippen LogP contribution in [0.25, 0.3) is 0 Å². The van der Waals surface area contributed by atoms with Crippen LogP contribution in [0.1, 0.15) is 19.3 Å². The maximum Gasteiger partial charge on any atom is 0.243 e. The molecular weight excluding hydrogens is 142 g/mol. The average molecular weight is 152 g/mol. The molecule has 0 aromatic heterocycles. The van der Waals surface area contributed by atoms with Gasteiger partial charge in [-0.25, -0.2) is 5.48 Å². The van der Waals surface area contributed by atoms with Gasteiger partial charge in [0.2, 0.25) is 5.91 Å². The van der Waals surface area contributed by atoms with Gasteiger partial charge in [-0.05, 0) is 12.8 Å². The molecule has 0 aliphatic carbocycles. The highest BCUT2D eigenvalue weighted by molar-refractivity contribution is 6.17. The molecule has 0 saturated heterocycles. The Morgan fingerprint density at radius 2 is 2.22 bits per heavy atom. The van der Waals surface area contributed by atoms with E-state index in [0.717, 1.165) is 12.8 Å². The SMILES string of the molecule is O=C(CCCCCl)NO. The molecule has 0 fully saturated rings. The Morgan fingerprint density at radius 1 is 1.56 bits per heavy atom. The molecule has 0 saturated carbocycles. The number of carbonyl (C=O) groups excluding carboxylic acids is 1. The fraction of sp³-hybridized carbons (Fsp3) is 0.800. The third-order valence-electron chi connectivity index (χ3n) is 0.912. The standard InChI is InChI=1S/C5H10ClNO2/c6-4-2-1-3-5(8)7-9/h9H,1-4H2,(H,7,8). The molecular formula is C5H10ClNO2. The summed E-state index contributed by atoms with van der Waals surface area (Å²) in [6, 6.07) is 0. The lowest BCUT2D eigenvalue weighted by Crippen LogP contribution is -2.17. The smallest absolute Gasteiger partial charge is 0.243 e. The van der Waals surface area contributed by atoms with Gasteiger partial charge in [0.15, 0.2) is 0 Å². The molecule has 0 aliphatic heterocycles. The predicted molar refractivity (Wildman–Crippen MR) is 34.5 cm³/mol. The van der Waals surface area contributed by atoms with E-state index in [1.807, 2.05) is 0 Å². The quantitative estimate of drug-likeness (QED) is 0.272. The summed E-state index contributed by atoms with van der Waals surface area (Å²) in [6.45, 7) is 0. The van der Waals surface area contributed by atoms with E-state index in [9.17, 15) is 4.79 Å². The van der Waals surface area contributed by atoms with Gasteiger partial charge < -0.3 is 0 Å². The van der Waals surface area contributed by atoms with Crippen LogP contribution in [0.4, 0.5) is 0 Å². The zero-order valence-electron chi connectivity index (χ0n) is 5.06. The van der Waals surface area contributed by atoms with Crippen molar-refractivity contribution in [1.29, 1.82) is 0 Å². The van der Waals surface area contributed by atoms with Crippen molar-refractivity contribution in [3.63, 3.8) is 0 Å². The van der Waals surface area contributed by atoms with Crippen LogP contribution in [0, 0.1) is 0 Å². The van der Waals surface area contributed by atoms with Crippen molar-refractivity contribution in [3.05, 3.63) is 0 Å². The van der Waals surface area contributed by atoms with E-state index in [4.69, 9.17) is 16.8 Å². The van der Waals surface area contributed by atoms with Gasteiger partial charge in [-0.2, -0.15) is 0 Å². The van der Waals surface area contributed by atoms with Crippen LogP contribution < -0.4 is 5.48 Å². The summed E-state index contributed by atoms with van der Waals surface area (Å²) in [5.74, 6) is 0.221. The monoisotopic (exact) mass is 151 g/mol. The summed E-state index contributed by atoms with van der Waals surface area (Å²) >= 11 is 5.33. The van der Waals surface area contributed by atoms with E-state index < -0.39 is 0 Å². The first kappa shape index (κ1) is 8.72. The van der Waals surface area contributed by atoms with Crippen LogP contribution in [0.2, 0.25) is 0 Å². The second-order valence-electron chi connectivity index (χ2n) is 1.68. The van der Waals surface area contributed by atoms with Crippen LogP contribution in [0.15, 0.2) is 0 Å². The Bertz CT molecular complexity index is 87.0. The zero-order chi connectivity index (χ0) is 7.11. The van der Waals surface area contributed by atoms with Crippen molar-refractivity contribution < 1.29 is 10.0 Å². The molecule has 9 heavy (non-hydrogen) atoms. The van der Waals surface area contributed by atoms with Gasteiger partial charge in [-0.15, -0.1) is 11.6 Å². The Labute approximate surface area is 59.0 Å². The number of unbranched alkanes of at least 4 members (excludes halogenated alkanes) is 1. The first-order chi connectivity index (χ1) is 4.31. The minimum Gasteiger partial charge on any atom is -0.289 e. The Balaban J connectivity index is 2.97. The molecule has 0 atom stereocenters. The number of hydrogen-bond donors (Lipinski definition) is 2. The second-order valence-corrected chi connectivity index (χ2v) is 2.06. The van der Waals surface area contributed by atoms with E-state index in [1.54, 1.807) is 5.48 Å². The normalized spacial score (nSPS) is 9.11. The van der Waals surface area contributed by atoms with Crippen molar-refractivity contribution in [1.82, 2.24) is 5.48 Å². The molecule has 1 amide bonds. The van der Waals surface area contributed by atoms with Crippen molar-refractivity contribution in [2.45, 2.75) is 19.3 Å². The number of amides is 1. The van der Waals surface area contributed by atoms with Gasteiger partial charge in [-0.3, -0.25) is 10.0 Å². The van der Waals surface area contributed by atoms with Crippen molar-refractivity contribution in [2.24, 2.45) is 0 Å². The number of alkyl halides is 1. The van der Waals surface area contributed by atoms with Gasteiger partial charge in [0, 0.05) is 12.3 Å². The highest BCUT2D eigenvalue weighted by Gasteiger charge is 1.95. The van der Waals surface area contributed by atoms with Gasteiger partial charge in [0.1, 0.15) is 0 Å². The maximum atomic E-state index is 10.3. The first-order valence-electron chi connectivity index (χ1n) is 2.80. The minimum atomic E-state index is -0.347. The van der Waals surface area contributed by atoms with Crippen molar-refractivity contribution >= 4 is 17.5 Å². The van der Waals surface area contributed by atoms with Gasteiger partial charge >= 0.3 is 0 Å². The lowest BCUT2D eigenvalue weighted by Gasteiger charge is -1.94. The number of hydroxylamine groups is 1. The number of nitrogens with one attached hydrogen (secondary N) is 1. The topological polar surface area (TPSA) is 49.3 Å². The molecule has 0 aromatic rings. The fourth-order valence-corrected chi connectivity index (χ4v) is 0.625. The number of carbonyl (C=O) groups is 1. The molecule has 0 spiro atoms. The van der Waals surface area contributed by atoms with Crippen LogP contribution >= 0.6 is 11.6 Å². The molecule has 0 heterocycles. The van der Waals surface area contributed by atoms with E-state index in [1.165, 1.54) is 0 Å². The largest absolute Gasteiger partial charge is 0.289 e. The van der Waals surface area contributed by atoms with E-state index in [-0.39, 0.29) is 5.91 Å². The van der Waals surface area contributed by atoms with E-state index in [0.29, 0.717) is 12.3 Å². The number of rotatable bonds is 4. The van der Waals surface area contributed by atoms with E-state index >= 15 is 0 Å². The summed E-state index contributed by atoms with van der Waals surface area (Å²) in [4.78, 5) is 10.3. The average Bonchev–Trinajstić information content (AvgIpc) is 1.89. The summed E-state index contributed by atoms with van der Waals surface area (Å²) in [7, 11) is 0. The highest BCUT2D eigenvalue weighted by Crippen LogP contribution is 1.95. The third-order valence-corrected chi connectivity index (χ3v) is 1.18. The third kappa shape index (κ3) is 5.59. The summed E-state index contributed by atoms with van der Waals surface area (Å²) in [5.41, 5.74) is 1.54. The van der Waals surface area contributed by atoms with Crippen molar-refractivity contribution in [2.75, 3.05) is 5.88 Å². The second kappa shape index (κ2) is 5.85. The molecule has 4 heteroatoms. The van der Waals surface area contributed by atoms with Crippen LogP contribution in [0.3, 0.4) is 0 Å². The summed E-state index contributed by atoms with van der Waals surface area (Å²) in [6.07, 6.45) is 1.90. The van der Waals surface area contributed by atoms with Gasteiger partial charge in [-0.1, -0.05) is 0 Å². The lowest BCUT2D eigenvalue weighted by atomic mass is 10.2. The number of halogens is 1. The predicted octanol–water partition coefficient (Wildman–Crippen LogP) is 0.901. The first-order valence-corrected chi connectivity index (χ1v) is 3.33. The Kier molecular flexibility index (Phi) is 5.67. The fourth-order valence-electron chi connectivity index (χ4n) is 0.436. The molecule has 0 aromatic carbocycles. The van der Waals surface area contributed by atoms with Crippen molar-refractivity contribution in [3.8, 4) is 0 Å². The zero-order valence-corrected chi connectivity index (χ0v) is 5.82.